The molecule has 0 spiro atoms. The molecule has 134 valence electrons. The van der Waals surface area contributed by atoms with Crippen LogP contribution in [0.1, 0.15) is 19.4 Å². The van der Waals surface area contributed by atoms with E-state index in [1.54, 1.807) is 7.11 Å². The second kappa shape index (κ2) is 11.3. The lowest BCUT2D eigenvalue weighted by atomic mass is 10.2. The monoisotopic (exact) mass is 444 g/mol. The van der Waals surface area contributed by atoms with E-state index in [2.05, 4.69) is 70.8 Å². The van der Waals surface area contributed by atoms with Gasteiger partial charge < -0.3 is 20.3 Å². The summed E-state index contributed by atoms with van der Waals surface area (Å²) in [5.41, 5.74) is 2.47. The fourth-order valence-corrected chi connectivity index (χ4v) is 2.56. The van der Waals surface area contributed by atoms with Gasteiger partial charge in [0.05, 0.1) is 13.2 Å². The molecule has 0 bridgehead atoms. The molecule has 0 aliphatic carbocycles. The van der Waals surface area contributed by atoms with Crippen LogP contribution < -0.4 is 15.5 Å². The van der Waals surface area contributed by atoms with Crippen molar-refractivity contribution in [3.8, 4) is 0 Å². The number of anilines is 1. The van der Waals surface area contributed by atoms with E-state index in [1.165, 1.54) is 11.3 Å². The Morgan fingerprint density at radius 2 is 2.08 bits per heavy atom. The van der Waals surface area contributed by atoms with E-state index in [0.29, 0.717) is 13.2 Å². The number of nitrogens with zero attached hydrogens (tertiary/aromatic N) is 2. The molecule has 6 heteroatoms. The summed E-state index contributed by atoms with van der Waals surface area (Å²) in [6.45, 7) is 8.28. The molecular weight excluding hydrogens is 415 g/mol. The second-order valence-corrected chi connectivity index (χ2v) is 5.74. The van der Waals surface area contributed by atoms with Crippen molar-refractivity contribution in [1.29, 1.82) is 0 Å². The third-order valence-electron chi connectivity index (χ3n) is 3.66. The van der Waals surface area contributed by atoms with Crippen molar-refractivity contribution in [3.63, 3.8) is 0 Å². The van der Waals surface area contributed by atoms with E-state index < -0.39 is 0 Å². The van der Waals surface area contributed by atoms with Crippen LogP contribution in [0.4, 0.5) is 5.69 Å². The summed E-state index contributed by atoms with van der Waals surface area (Å²) in [6.07, 6.45) is 4.41. The minimum absolute atomic E-state index is 0. The molecule has 2 rings (SSSR count). The van der Waals surface area contributed by atoms with E-state index in [9.17, 15) is 0 Å². The molecule has 1 unspecified atom stereocenters. The third-order valence-corrected chi connectivity index (χ3v) is 3.66. The van der Waals surface area contributed by atoms with Crippen LogP contribution in [0.2, 0.25) is 0 Å². The van der Waals surface area contributed by atoms with Crippen LogP contribution in [0, 0.1) is 0 Å². The molecule has 1 aromatic rings. The lowest BCUT2D eigenvalue weighted by Crippen LogP contribution is -2.43. The van der Waals surface area contributed by atoms with Crippen molar-refractivity contribution in [2.45, 2.75) is 26.4 Å². The van der Waals surface area contributed by atoms with E-state index in [-0.39, 0.29) is 30.0 Å². The predicted molar refractivity (Wildman–Crippen MR) is 112 cm³/mol. The summed E-state index contributed by atoms with van der Waals surface area (Å²) in [5, 5.41) is 6.63. The Balaban J connectivity index is 0.00000288. The highest BCUT2D eigenvalue weighted by molar-refractivity contribution is 14.0. The summed E-state index contributed by atoms with van der Waals surface area (Å²) in [5.74, 6) is 0.824. The average Bonchev–Trinajstić information content (AvgIpc) is 3.08. The van der Waals surface area contributed by atoms with E-state index in [4.69, 9.17) is 4.74 Å². The lowest BCUT2D eigenvalue weighted by Gasteiger charge is -2.19. The van der Waals surface area contributed by atoms with Gasteiger partial charge in [-0.05, 0) is 31.5 Å². The molecule has 1 atom stereocenters. The van der Waals surface area contributed by atoms with E-state index in [0.717, 1.165) is 25.6 Å². The maximum atomic E-state index is 5.16. The zero-order chi connectivity index (χ0) is 16.5. The van der Waals surface area contributed by atoms with Crippen molar-refractivity contribution in [2.75, 3.05) is 38.3 Å². The Kier molecular flexibility index (Phi) is 9.78. The van der Waals surface area contributed by atoms with Crippen molar-refractivity contribution in [3.05, 3.63) is 42.0 Å². The van der Waals surface area contributed by atoms with Crippen LogP contribution in [-0.2, 0) is 11.3 Å². The molecule has 0 radical (unpaired) electrons. The first-order valence-corrected chi connectivity index (χ1v) is 8.25. The molecule has 1 aromatic carbocycles. The first kappa shape index (κ1) is 20.8. The number of halogens is 1. The Morgan fingerprint density at radius 1 is 1.33 bits per heavy atom. The SMILES string of the molecule is CCNC(=NCc1cccc(N2CC=CC2)c1)NC(C)COC.I. The minimum atomic E-state index is 0. The second-order valence-electron chi connectivity index (χ2n) is 5.74. The zero-order valence-electron chi connectivity index (χ0n) is 14.8. The summed E-state index contributed by atoms with van der Waals surface area (Å²) in [6, 6.07) is 8.83. The number of ether oxygens (including phenoxy) is 1. The molecule has 0 aromatic heterocycles. The Morgan fingerprint density at radius 3 is 2.75 bits per heavy atom. The Labute approximate surface area is 162 Å². The zero-order valence-corrected chi connectivity index (χ0v) is 17.1. The van der Waals surface area contributed by atoms with Gasteiger partial charge in [-0.3, -0.25) is 0 Å². The fourth-order valence-electron chi connectivity index (χ4n) is 2.56. The van der Waals surface area contributed by atoms with Crippen LogP contribution in [0.25, 0.3) is 0 Å². The van der Waals surface area contributed by atoms with Gasteiger partial charge in [0, 0.05) is 38.5 Å². The highest BCUT2D eigenvalue weighted by atomic mass is 127. The molecule has 5 nitrogen and oxygen atoms in total. The molecule has 0 fully saturated rings. The fraction of sp³-hybridized carbons (Fsp3) is 0.500. The first-order valence-electron chi connectivity index (χ1n) is 8.25. The summed E-state index contributed by atoms with van der Waals surface area (Å²) >= 11 is 0. The number of benzene rings is 1. The van der Waals surface area contributed by atoms with Gasteiger partial charge in [-0.1, -0.05) is 24.3 Å². The van der Waals surface area contributed by atoms with Crippen LogP contribution in [-0.4, -0.2) is 45.4 Å². The average molecular weight is 444 g/mol. The number of methoxy groups -OCH3 is 1. The highest BCUT2D eigenvalue weighted by Crippen LogP contribution is 2.18. The molecule has 24 heavy (non-hydrogen) atoms. The Bertz CT molecular complexity index is 540. The molecule has 0 amide bonds. The topological polar surface area (TPSA) is 48.9 Å². The van der Waals surface area contributed by atoms with Crippen LogP contribution in [0.3, 0.4) is 0 Å². The molecule has 0 saturated heterocycles. The maximum absolute atomic E-state index is 5.16. The van der Waals surface area contributed by atoms with Crippen LogP contribution in [0.15, 0.2) is 41.4 Å². The summed E-state index contributed by atoms with van der Waals surface area (Å²) in [7, 11) is 1.71. The molecule has 1 heterocycles. The predicted octanol–water partition coefficient (Wildman–Crippen LogP) is 2.77. The van der Waals surface area contributed by atoms with Crippen molar-refractivity contribution < 1.29 is 4.74 Å². The quantitative estimate of drug-likeness (QED) is 0.294. The molecule has 2 N–H and O–H groups in total. The lowest BCUT2D eigenvalue weighted by molar-refractivity contribution is 0.179. The van der Waals surface area contributed by atoms with Gasteiger partial charge in [-0.15, -0.1) is 24.0 Å². The van der Waals surface area contributed by atoms with Gasteiger partial charge >= 0.3 is 0 Å². The number of hydrogen-bond donors (Lipinski definition) is 2. The van der Waals surface area contributed by atoms with E-state index >= 15 is 0 Å². The van der Waals surface area contributed by atoms with E-state index in [1.807, 2.05) is 0 Å². The van der Waals surface area contributed by atoms with Crippen molar-refractivity contribution >= 4 is 35.6 Å². The van der Waals surface area contributed by atoms with Crippen molar-refractivity contribution in [1.82, 2.24) is 10.6 Å². The number of aliphatic imine (C=N–C) groups is 1. The number of nitrogens with one attached hydrogen (secondary N) is 2. The van der Waals surface area contributed by atoms with Gasteiger partial charge in [0.1, 0.15) is 0 Å². The minimum Gasteiger partial charge on any atom is -0.383 e. The van der Waals surface area contributed by atoms with Crippen LogP contribution in [0.5, 0.6) is 0 Å². The number of hydrogen-bond acceptors (Lipinski definition) is 3. The van der Waals surface area contributed by atoms with Gasteiger partial charge in [-0.2, -0.15) is 0 Å². The Hall–Kier alpha value is -1.28. The summed E-state index contributed by atoms with van der Waals surface area (Å²) in [4.78, 5) is 7.02. The number of guanidine groups is 1. The molecule has 0 saturated carbocycles. The largest absolute Gasteiger partial charge is 0.383 e. The van der Waals surface area contributed by atoms with Crippen molar-refractivity contribution in [2.24, 2.45) is 4.99 Å². The van der Waals surface area contributed by atoms with Crippen LogP contribution >= 0.6 is 24.0 Å². The van der Waals surface area contributed by atoms with Gasteiger partial charge in [-0.25, -0.2) is 4.99 Å². The molecule has 1 aliphatic rings. The van der Waals surface area contributed by atoms with Gasteiger partial charge in [0.25, 0.3) is 0 Å². The number of rotatable bonds is 7. The first-order chi connectivity index (χ1) is 11.2. The molecule has 1 aliphatic heterocycles. The van der Waals surface area contributed by atoms with Gasteiger partial charge in [0.15, 0.2) is 5.96 Å². The molecular formula is C18H29IN4O. The maximum Gasteiger partial charge on any atom is 0.191 e. The smallest absolute Gasteiger partial charge is 0.191 e. The standard InChI is InChI=1S/C18H28N4O.HI/c1-4-19-18(21-15(2)14-23-3)20-13-16-8-7-9-17(12-16)22-10-5-6-11-22;/h5-9,12,15H,4,10-11,13-14H2,1-3H3,(H2,19,20,21);1H. The normalized spacial score (nSPS) is 15.1. The highest BCUT2D eigenvalue weighted by Gasteiger charge is 2.08. The third kappa shape index (κ3) is 6.68. The van der Waals surface area contributed by atoms with Gasteiger partial charge in [0.2, 0.25) is 0 Å². The summed E-state index contributed by atoms with van der Waals surface area (Å²) < 4.78 is 5.16.